The van der Waals surface area contributed by atoms with Gasteiger partial charge >= 0.3 is 0 Å². The van der Waals surface area contributed by atoms with E-state index in [1.165, 1.54) is 76.3 Å². The fourth-order valence-corrected chi connectivity index (χ4v) is 2.88. The Hall–Kier alpha value is -0.850. The van der Waals surface area contributed by atoms with Crippen LogP contribution in [0.3, 0.4) is 0 Å². The molecule has 0 spiro atoms. The lowest BCUT2D eigenvalue weighted by atomic mass is 9.90. The van der Waals surface area contributed by atoms with Crippen molar-refractivity contribution in [3.05, 3.63) is 30.1 Å². The first-order chi connectivity index (χ1) is 9.86. The van der Waals surface area contributed by atoms with Crippen LogP contribution in [0.1, 0.15) is 83.7 Å². The first kappa shape index (κ1) is 17.2. The minimum absolute atomic E-state index is 0.846. The molecule has 1 rings (SSSR count). The third-order valence-electron chi connectivity index (χ3n) is 4.16. The Labute approximate surface area is 126 Å². The molecule has 114 valence electrons. The molecule has 0 aromatic carbocycles. The molecule has 0 N–H and O–H groups in total. The smallest absolute Gasteiger partial charge is 0.0406 e. The van der Waals surface area contributed by atoms with Gasteiger partial charge in [0.2, 0.25) is 0 Å². The largest absolute Gasteiger partial charge is 0.261 e. The van der Waals surface area contributed by atoms with Gasteiger partial charge in [-0.3, -0.25) is 4.98 Å². The minimum atomic E-state index is 0.846. The van der Waals surface area contributed by atoms with Crippen LogP contribution in [0.2, 0.25) is 0 Å². The van der Waals surface area contributed by atoms with Crippen molar-refractivity contribution in [2.24, 2.45) is 5.92 Å². The molecule has 20 heavy (non-hydrogen) atoms. The number of hydrogen-bond donors (Lipinski definition) is 0. The number of unbranched alkanes of at least 4 members (excludes halogenated alkanes) is 6. The Balaban J connectivity index is 2.33. The van der Waals surface area contributed by atoms with Crippen molar-refractivity contribution in [2.75, 3.05) is 0 Å². The van der Waals surface area contributed by atoms with Crippen LogP contribution >= 0.6 is 0 Å². The van der Waals surface area contributed by atoms with E-state index in [1.54, 1.807) is 0 Å². The Kier molecular flexibility index (Phi) is 10.3. The third-order valence-corrected chi connectivity index (χ3v) is 4.16. The summed E-state index contributed by atoms with van der Waals surface area (Å²) in [6, 6.07) is 6.32. The van der Waals surface area contributed by atoms with Crippen molar-refractivity contribution in [3.8, 4) is 0 Å². The fourth-order valence-electron chi connectivity index (χ4n) is 2.88. The standard InChI is InChI=1S/C19H33N/c1-3-5-7-9-13-18(14-10-8-6-4-2)17-19-15-11-12-16-20-19/h11-12,15-16,18H,3-10,13-14,17H2,1-2H3. The molecule has 0 bridgehead atoms. The summed E-state index contributed by atoms with van der Waals surface area (Å²) >= 11 is 0. The van der Waals surface area contributed by atoms with E-state index in [1.807, 2.05) is 12.3 Å². The Morgan fingerprint density at radius 2 is 1.50 bits per heavy atom. The van der Waals surface area contributed by atoms with Crippen molar-refractivity contribution < 1.29 is 0 Å². The summed E-state index contributed by atoms with van der Waals surface area (Å²) in [4.78, 5) is 4.51. The van der Waals surface area contributed by atoms with E-state index >= 15 is 0 Å². The van der Waals surface area contributed by atoms with Gasteiger partial charge in [0.25, 0.3) is 0 Å². The number of aromatic nitrogens is 1. The van der Waals surface area contributed by atoms with E-state index in [0.29, 0.717) is 0 Å². The van der Waals surface area contributed by atoms with Crippen LogP contribution in [0.15, 0.2) is 24.4 Å². The number of nitrogens with zero attached hydrogens (tertiary/aromatic N) is 1. The molecule has 0 unspecified atom stereocenters. The molecule has 1 heterocycles. The van der Waals surface area contributed by atoms with Gasteiger partial charge in [0.05, 0.1) is 0 Å². The average molecular weight is 275 g/mol. The molecule has 0 aliphatic carbocycles. The van der Waals surface area contributed by atoms with E-state index in [-0.39, 0.29) is 0 Å². The van der Waals surface area contributed by atoms with Gasteiger partial charge in [0.1, 0.15) is 0 Å². The van der Waals surface area contributed by atoms with Crippen molar-refractivity contribution in [1.82, 2.24) is 4.98 Å². The summed E-state index contributed by atoms with van der Waals surface area (Å²) in [5, 5.41) is 0. The fraction of sp³-hybridized carbons (Fsp3) is 0.737. The van der Waals surface area contributed by atoms with Crippen LogP contribution in [0.4, 0.5) is 0 Å². The lowest BCUT2D eigenvalue weighted by Crippen LogP contribution is -2.06. The molecule has 0 radical (unpaired) electrons. The second-order valence-corrected chi connectivity index (χ2v) is 6.09. The lowest BCUT2D eigenvalue weighted by Gasteiger charge is -2.16. The monoisotopic (exact) mass is 275 g/mol. The molecule has 1 nitrogen and oxygen atoms in total. The van der Waals surface area contributed by atoms with Gasteiger partial charge in [0.15, 0.2) is 0 Å². The summed E-state index contributed by atoms with van der Waals surface area (Å²) in [5.41, 5.74) is 1.28. The van der Waals surface area contributed by atoms with Crippen molar-refractivity contribution in [1.29, 1.82) is 0 Å². The van der Waals surface area contributed by atoms with Gasteiger partial charge in [-0.25, -0.2) is 0 Å². The molecule has 0 aliphatic rings. The van der Waals surface area contributed by atoms with Gasteiger partial charge in [-0.15, -0.1) is 0 Å². The zero-order chi connectivity index (χ0) is 14.5. The highest BCUT2D eigenvalue weighted by Gasteiger charge is 2.10. The summed E-state index contributed by atoms with van der Waals surface area (Å²) in [6.45, 7) is 4.58. The van der Waals surface area contributed by atoms with Gasteiger partial charge < -0.3 is 0 Å². The van der Waals surface area contributed by atoms with Crippen molar-refractivity contribution >= 4 is 0 Å². The number of pyridine rings is 1. The van der Waals surface area contributed by atoms with Gasteiger partial charge in [-0.05, 0) is 24.5 Å². The number of hydrogen-bond acceptors (Lipinski definition) is 1. The van der Waals surface area contributed by atoms with Crippen molar-refractivity contribution in [3.63, 3.8) is 0 Å². The molecule has 0 aliphatic heterocycles. The third kappa shape index (κ3) is 8.35. The van der Waals surface area contributed by atoms with Gasteiger partial charge in [-0.2, -0.15) is 0 Å². The minimum Gasteiger partial charge on any atom is -0.261 e. The van der Waals surface area contributed by atoms with Crippen molar-refractivity contribution in [2.45, 2.75) is 84.5 Å². The zero-order valence-corrected chi connectivity index (χ0v) is 13.6. The maximum atomic E-state index is 4.51. The van der Waals surface area contributed by atoms with Crippen LogP contribution in [-0.2, 0) is 6.42 Å². The maximum absolute atomic E-state index is 4.51. The highest BCUT2D eigenvalue weighted by atomic mass is 14.7. The van der Waals surface area contributed by atoms with E-state index in [2.05, 4.69) is 31.0 Å². The first-order valence-electron chi connectivity index (χ1n) is 8.76. The Bertz CT molecular complexity index is 295. The molecule has 1 aromatic rings. The van der Waals surface area contributed by atoms with Crippen LogP contribution in [0, 0.1) is 5.92 Å². The van der Waals surface area contributed by atoms with Crippen LogP contribution in [-0.4, -0.2) is 4.98 Å². The maximum Gasteiger partial charge on any atom is 0.0406 e. The average Bonchev–Trinajstić information content (AvgIpc) is 2.49. The highest BCUT2D eigenvalue weighted by Crippen LogP contribution is 2.21. The Morgan fingerprint density at radius 1 is 0.850 bits per heavy atom. The molecular formula is C19H33N. The summed E-state index contributed by atoms with van der Waals surface area (Å²) in [7, 11) is 0. The summed E-state index contributed by atoms with van der Waals surface area (Å²) in [5.74, 6) is 0.846. The van der Waals surface area contributed by atoms with Crippen LogP contribution in [0.5, 0.6) is 0 Å². The quantitative estimate of drug-likeness (QED) is 0.415. The predicted octanol–water partition coefficient (Wildman–Crippen LogP) is 6.18. The normalized spacial score (nSPS) is 11.2. The number of rotatable bonds is 12. The zero-order valence-electron chi connectivity index (χ0n) is 13.6. The molecule has 0 saturated carbocycles. The predicted molar refractivity (Wildman–Crippen MR) is 88.9 cm³/mol. The SMILES string of the molecule is CCCCCCC(CCCCCC)Cc1ccccn1. The first-order valence-corrected chi connectivity index (χ1v) is 8.76. The van der Waals surface area contributed by atoms with E-state index in [4.69, 9.17) is 0 Å². The Morgan fingerprint density at radius 3 is 2.00 bits per heavy atom. The van der Waals surface area contributed by atoms with Crippen LogP contribution < -0.4 is 0 Å². The molecule has 0 amide bonds. The molecule has 0 fully saturated rings. The van der Waals surface area contributed by atoms with E-state index in [9.17, 15) is 0 Å². The van der Waals surface area contributed by atoms with E-state index < -0.39 is 0 Å². The topological polar surface area (TPSA) is 12.9 Å². The summed E-state index contributed by atoms with van der Waals surface area (Å²) in [6.07, 6.45) is 17.0. The summed E-state index contributed by atoms with van der Waals surface area (Å²) < 4.78 is 0. The molecular weight excluding hydrogens is 242 g/mol. The van der Waals surface area contributed by atoms with E-state index in [0.717, 1.165) is 5.92 Å². The van der Waals surface area contributed by atoms with Gasteiger partial charge in [0, 0.05) is 11.9 Å². The molecule has 1 aromatic heterocycles. The second-order valence-electron chi connectivity index (χ2n) is 6.09. The molecule has 0 saturated heterocycles. The highest BCUT2D eigenvalue weighted by molar-refractivity contribution is 5.04. The second kappa shape index (κ2) is 11.9. The molecule has 1 heteroatoms. The van der Waals surface area contributed by atoms with Gasteiger partial charge in [-0.1, -0.05) is 84.1 Å². The molecule has 0 atom stereocenters. The van der Waals surface area contributed by atoms with Crippen LogP contribution in [0.25, 0.3) is 0 Å². The lowest BCUT2D eigenvalue weighted by molar-refractivity contribution is 0.401.